The molecule has 2 aromatic carbocycles. The van der Waals surface area contributed by atoms with E-state index in [9.17, 15) is 9.59 Å². The highest BCUT2D eigenvalue weighted by Crippen LogP contribution is 2.21. The number of ether oxygens (including phenoxy) is 1. The number of imidazole rings is 1. The number of fused-ring (bicyclic) bond motifs is 2. The zero-order valence-electron chi connectivity index (χ0n) is 17.0. The molecule has 0 unspecified atom stereocenters. The number of nitrogens with zero attached hydrogens (tertiary/aromatic N) is 1. The fraction of sp³-hybridized carbons (Fsp3) is 0.304. The second-order valence-corrected chi connectivity index (χ2v) is 8.06. The molecule has 0 aliphatic carbocycles. The zero-order chi connectivity index (χ0) is 21.2. The summed E-state index contributed by atoms with van der Waals surface area (Å²) in [5.41, 5.74) is 3.87. The molecule has 2 aromatic heterocycles. The molecule has 0 radical (unpaired) electrons. The number of anilines is 1. The van der Waals surface area contributed by atoms with Crippen molar-refractivity contribution in [1.29, 1.82) is 0 Å². The smallest absolute Gasteiger partial charge is 0.323 e. The molecule has 3 N–H and O–H groups in total. The van der Waals surface area contributed by atoms with Crippen molar-refractivity contribution in [2.75, 3.05) is 38.2 Å². The van der Waals surface area contributed by atoms with E-state index in [-0.39, 0.29) is 11.6 Å². The van der Waals surface area contributed by atoms with E-state index in [1.807, 2.05) is 6.07 Å². The lowest BCUT2D eigenvalue weighted by molar-refractivity contribution is -0.117. The zero-order valence-corrected chi connectivity index (χ0v) is 17.0. The Balaban J connectivity index is 1.21. The first-order valence-electron chi connectivity index (χ1n) is 10.4. The maximum Gasteiger partial charge on any atom is 0.323 e. The highest BCUT2D eigenvalue weighted by molar-refractivity contribution is 5.94. The molecule has 1 amide bonds. The van der Waals surface area contributed by atoms with E-state index >= 15 is 0 Å². The number of hydrogen-bond acceptors (Lipinski definition) is 5. The van der Waals surface area contributed by atoms with Gasteiger partial charge in [-0.15, -0.1) is 0 Å². The van der Waals surface area contributed by atoms with Crippen LogP contribution in [0.25, 0.3) is 22.0 Å². The fourth-order valence-electron chi connectivity index (χ4n) is 4.19. The third-order valence-electron chi connectivity index (χ3n) is 5.63. The summed E-state index contributed by atoms with van der Waals surface area (Å²) in [4.78, 5) is 31.6. The summed E-state index contributed by atoms with van der Waals surface area (Å²) >= 11 is 0. The molecule has 5 rings (SSSR count). The van der Waals surface area contributed by atoms with Crippen LogP contribution < -0.4 is 11.0 Å². The highest BCUT2D eigenvalue weighted by Gasteiger charge is 2.21. The van der Waals surface area contributed by atoms with Gasteiger partial charge in [-0.25, -0.2) is 4.79 Å². The third-order valence-corrected chi connectivity index (χ3v) is 5.63. The molecule has 3 heterocycles. The van der Waals surface area contributed by atoms with Crippen molar-refractivity contribution >= 4 is 33.6 Å². The van der Waals surface area contributed by atoms with Crippen molar-refractivity contribution in [3.63, 3.8) is 0 Å². The first kappa shape index (κ1) is 19.6. The van der Waals surface area contributed by atoms with Crippen LogP contribution in [0.4, 0.5) is 5.69 Å². The second kappa shape index (κ2) is 8.41. The lowest BCUT2D eigenvalue weighted by Gasteiger charge is -2.23. The minimum absolute atomic E-state index is 0.0881. The Morgan fingerprint density at radius 1 is 1.13 bits per heavy atom. The summed E-state index contributed by atoms with van der Waals surface area (Å²) in [7, 11) is 0. The normalized spacial score (nSPS) is 17.7. The first-order valence-corrected chi connectivity index (χ1v) is 10.4. The Bertz CT molecular complexity index is 1270. The Morgan fingerprint density at radius 3 is 2.97 bits per heavy atom. The van der Waals surface area contributed by atoms with E-state index in [2.05, 4.69) is 38.4 Å². The van der Waals surface area contributed by atoms with Gasteiger partial charge in [0.15, 0.2) is 0 Å². The quantitative estimate of drug-likeness (QED) is 0.461. The van der Waals surface area contributed by atoms with Gasteiger partial charge in [0.05, 0.1) is 37.1 Å². The molecule has 8 heteroatoms. The Hall–Kier alpha value is -3.36. The van der Waals surface area contributed by atoms with Gasteiger partial charge in [-0.2, -0.15) is 0 Å². The van der Waals surface area contributed by atoms with Crippen LogP contribution in [0.15, 0.2) is 57.9 Å². The van der Waals surface area contributed by atoms with Crippen molar-refractivity contribution in [2.45, 2.75) is 6.42 Å². The van der Waals surface area contributed by atoms with Crippen LogP contribution in [0.5, 0.6) is 0 Å². The Kier molecular flexibility index (Phi) is 5.31. The third kappa shape index (κ3) is 4.55. The number of aromatic amines is 2. The van der Waals surface area contributed by atoms with Crippen LogP contribution >= 0.6 is 0 Å². The number of furan rings is 1. The van der Waals surface area contributed by atoms with Gasteiger partial charge in [0.1, 0.15) is 5.58 Å². The average Bonchev–Trinajstić information content (AvgIpc) is 3.28. The SMILES string of the molecule is O=C(CN1CCOC[C@H](Cc2ccc3ccoc3c2)C1)Nc1ccc2[nH]c(=O)[nH]c2c1. The molecule has 0 spiro atoms. The summed E-state index contributed by atoms with van der Waals surface area (Å²) in [5.74, 6) is 0.207. The molecule has 1 atom stereocenters. The minimum atomic E-state index is -0.264. The van der Waals surface area contributed by atoms with E-state index in [0.29, 0.717) is 48.9 Å². The summed E-state index contributed by atoms with van der Waals surface area (Å²) in [6.07, 6.45) is 2.57. The highest BCUT2D eigenvalue weighted by atomic mass is 16.5. The van der Waals surface area contributed by atoms with E-state index in [0.717, 1.165) is 23.9 Å². The number of benzene rings is 2. The standard InChI is InChI=1S/C23H24N4O4/c28-22(24-18-3-4-19-20(11-18)26-23(29)25-19)13-27-6-8-30-14-16(12-27)9-15-1-2-17-5-7-31-21(17)10-15/h1-5,7,10-11,16H,6,8-9,12-14H2,(H,24,28)(H2,25,26,29)/t16-/m1/s1. The minimum Gasteiger partial charge on any atom is -0.464 e. The van der Waals surface area contributed by atoms with Crippen LogP contribution in [0, 0.1) is 5.92 Å². The van der Waals surface area contributed by atoms with Gasteiger partial charge in [0, 0.05) is 24.2 Å². The van der Waals surface area contributed by atoms with Crippen LogP contribution in [-0.2, 0) is 16.0 Å². The number of rotatable bonds is 5. The summed E-state index contributed by atoms with van der Waals surface area (Å²) in [6.45, 7) is 3.07. The van der Waals surface area contributed by atoms with Gasteiger partial charge in [-0.1, -0.05) is 12.1 Å². The van der Waals surface area contributed by atoms with Crippen molar-refractivity contribution in [3.8, 4) is 0 Å². The number of aromatic nitrogens is 2. The van der Waals surface area contributed by atoms with Crippen molar-refractivity contribution in [1.82, 2.24) is 14.9 Å². The number of nitrogens with one attached hydrogen (secondary N) is 3. The molecule has 8 nitrogen and oxygen atoms in total. The van der Waals surface area contributed by atoms with E-state index in [4.69, 9.17) is 9.15 Å². The van der Waals surface area contributed by atoms with Crippen molar-refractivity contribution in [2.24, 2.45) is 5.92 Å². The predicted octanol–water partition coefficient (Wildman–Crippen LogP) is 2.73. The lowest BCUT2D eigenvalue weighted by Crippen LogP contribution is -2.37. The first-order chi connectivity index (χ1) is 15.1. The van der Waals surface area contributed by atoms with Crippen LogP contribution in [0.3, 0.4) is 0 Å². The molecule has 1 fully saturated rings. The molecule has 160 valence electrons. The molecular formula is C23H24N4O4. The maximum absolute atomic E-state index is 12.6. The molecule has 31 heavy (non-hydrogen) atoms. The number of amides is 1. The van der Waals surface area contributed by atoms with Gasteiger partial charge in [0.2, 0.25) is 5.91 Å². The van der Waals surface area contributed by atoms with Crippen molar-refractivity contribution in [3.05, 3.63) is 64.8 Å². The average molecular weight is 420 g/mol. The topological polar surface area (TPSA) is 103 Å². The van der Waals surface area contributed by atoms with E-state index in [1.165, 1.54) is 5.56 Å². The van der Waals surface area contributed by atoms with Gasteiger partial charge < -0.3 is 24.4 Å². The number of carbonyl (C=O) groups is 1. The predicted molar refractivity (Wildman–Crippen MR) is 118 cm³/mol. The van der Waals surface area contributed by atoms with Crippen LogP contribution in [-0.4, -0.2) is 53.6 Å². The Morgan fingerprint density at radius 2 is 2.03 bits per heavy atom. The monoisotopic (exact) mass is 420 g/mol. The second-order valence-electron chi connectivity index (χ2n) is 8.06. The Labute approximate surface area is 178 Å². The summed E-state index contributed by atoms with van der Waals surface area (Å²) < 4.78 is 11.3. The molecule has 1 aliphatic heterocycles. The number of H-pyrrole nitrogens is 2. The van der Waals surface area contributed by atoms with E-state index < -0.39 is 0 Å². The number of hydrogen-bond donors (Lipinski definition) is 3. The van der Waals surface area contributed by atoms with Gasteiger partial charge in [-0.3, -0.25) is 9.69 Å². The van der Waals surface area contributed by atoms with Crippen molar-refractivity contribution < 1.29 is 13.9 Å². The molecule has 0 bridgehead atoms. The lowest BCUT2D eigenvalue weighted by atomic mass is 9.99. The van der Waals surface area contributed by atoms with Gasteiger partial charge in [-0.05, 0) is 48.2 Å². The largest absolute Gasteiger partial charge is 0.464 e. The van der Waals surface area contributed by atoms with Crippen LogP contribution in [0.2, 0.25) is 0 Å². The molecule has 4 aromatic rings. The van der Waals surface area contributed by atoms with Gasteiger partial charge >= 0.3 is 5.69 Å². The molecule has 1 saturated heterocycles. The molecular weight excluding hydrogens is 396 g/mol. The summed E-state index contributed by atoms with van der Waals surface area (Å²) in [5, 5.41) is 4.02. The fourth-order valence-corrected chi connectivity index (χ4v) is 4.19. The number of carbonyl (C=O) groups excluding carboxylic acids is 1. The van der Waals surface area contributed by atoms with Gasteiger partial charge in [0.25, 0.3) is 0 Å². The van der Waals surface area contributed by atoms with E-state index in [1.54, 1.807) is 24.5 Å². The summed E-state index contributed by atoms with van der Waals surface area (Å²) in [6, 6.07) is 13.5. The molecule has 0 saturated carbocycles. The maximum atomic E-state index is 12.6. The van der Waals surface area contributed by atoms with Crippen LogP contribution in [0.1, 0.15) is 5.56 Å². The molecule has 1 aliphatic rings.